The third kappa shape index (κ3) is 3.32. The maximum absolute atomic E-state index is 7.44. The Morgan fingerprint density at radius 3 is 2.58 bits per heavy atom. The molecule has 100 valence electrons. The van der Waals surface area contributed by atoms with Crippen molar-refractivity contribution in [3.63, 3.8) is 0 Å². The second-order valence-corrected chi connectivity index (χ2v) is 5.31. The fourth-order valence-corrected chi connectivity index (χ4v) is 2.57. The average molecular weight is 275 g/mol. The minimum atomic E-state index is 0.0635. The van der Waals surface area contributed by atoms with Gasteiger partial charge in [-0.05, 0) is 31.0 Å². The summed E-state index contributed by atoms with van der Waals surface area (Å²) >= 11 is 1.41. The van der Waals surface area contributed by atoms with Gasteiger partial charge >= 0.3 is 0 Å². The fraction of sp³-hybridized carbons (Fsp3) is 0.286. The molecule has 0 fully saturated rings. The first-order valence-electron chi connectivity index (χ1n) is 6.12. The Morgan fingerprint density at radius 2 is 2.05 bits per heavy atom. The maximum Gasteiger partial charge on any atom is 0.140 e. The minimum Gasteiger partial charge on any atom is -0.486 e. The molecule has 2 rings (SSSR count). The van der Waals surface area contributed by atoms with E-state index in [0.29, 0.717) is 6.61 Å². The standard InChI is InChI=1S/C14H17N3OS/c1-3-10-4-6-11(7-5-10)18-8-12-17-9(2)13(19-12)14(15)16/h4-7H,3,8H2,1-2H3,(H3,15,16). The van der Waals surface area contributed by atoms with Crippen molar-refractivity contribution in [2.24, 2.45) is 5.73 Å². The summed E-state index contributed by atoms with van der Waals surface area (Å²) in [6.45, 7) is 4.38. The summed E-state index contributed by atoms with van der Waals surface area (Å²) in [5.74, 6) is 0.892. The van der Waals surface area contributed by atoms with Crippen LogP contribution in [0.4, 0.5) is 0 Å². The zero-order valence-corrected chi connectivity index (χ0v) is 11.9. The molecule has 0 saturated carbocycles. The molecule has 0 radical (unpaired) electrons. The quantitative estimate of drug-likeness (QED) is 0.651. The molecule has 5 heteroatoms. The largest absolute Gasteiger partial charge is 0.486 e. The molecule has 4 nitrogen and oxygen atoms in total. The maximum atomic E-state index is 7.44. The number of aryl methyl sites for hydroxylation is 2. The van der Waals surface area contributed by atoms with Crippen LogP contribution in [-0.4, -0.2) is 10.8 Å². The van der Waals surface area contributed by atoms with Crippen molar-refractivity contribution in [1.82, 2.24) is 4.98 Å². The van der Waals surface area contributed by atoms with Crippen LogP contribution >= 0.6 is 11.3 Å². The summed E-state index contributed by atoms with van der Waals surface area (Å²) in [4.78, 5) is 5.08. The van der Waals surface area contributed by atoms with Gasteiger partial charge in [0.1, 0.15) is 23.2 Å². The highest BCUT2D eigenvalue weighted by Gasteiger charge is 2.10. The van der Waals surface area contributed by atoms with Gasteiger partial charge in [0.25, 0.3) is 0 Å². The summed E-state index contributed by atoms with van der Waals surface area (Å²) in [7, 11) is 0. The number of thiazole rings is 1. The van der Waals surface area contributed by atoms with Crippen LogP contribution in [0.1, 0.15) is 28.1 Å². The molecule has 2 aromatic rings. The smallest absolute Gasteiger partial charge is 0.140 e. The highest BCUT2D eigenvalue weighted by molar-refractivity contribution is 7.13. The highest BCUT2D eigenvalue weighted by Crippen LogP contribution is 2.20. The molecule has 0 unspecified atom stereocenters. The first-order chi connectivity index (χ1) is 9.10. The molecule has 1 heterocycles. The normalized spacial score (nSPS) is 10.4. The van der Waals surface area contributed by atoms with Crippen LogP contribution < -0.4 is 10.5 Å². The van der Waals surface area contributed by atoms with Gasteiger partial charge in [-0.15, -0.1) is 11.3 Å². The molecule has 0 saturated heterocycles. The Balaban J connectivity index is 2.01. The first-order valence-corrected chi connectivity index (χ1v) is 6.94. The van der Waals surface area contributed by atoms with E-state index in [1.54, 1.807) is 0 Å². The second-order valence-electron chi connectivity index (χ2n) is 4.22. The van der Waals surface area contributed by atoms with Crippen LogP contribution in [0.15, 0.2) is 24.3 Å². The van der Waals surface area contributed by atoms with E-state index in [-0.39, 0.29) is 5.84 Å². The highest BCUT2D eigenvalue weighted by atomic mass is 32.1. The van der Waals surface area contributed by atoms with Crippen LogP contribution in [0.5, 0.6) is 5.75 Å². The predicted molar refractivity (Wildman–Crippen MR) is 78.0 cm³/mol. The van der Waals surface area contributed by atoms with Crippen LogP contribution in [-0.2, 0) is 13.0 Å². The third-order valence-electron chi connectivity index (χ3n) is 2.78. The number of ether oxygens (including phenoxy) is 1. The van der Waals surface area contributed by atoms with Gasteiger partial charge < -0.3 is 10.5 Å². The molecule has 1 aromatic heterocycles. The molecular weight excluding hydrogens is 258 g/mol. The number of hydrogen-bond acceptors (Lipinski definition) is 4. The number of nitrogen functional groups attached to an aromatic ring is 1. The Bertz CT molecular complexity index is 575. The molecule has 3 N–H and O–H groups in total. The van der Waals surface area contributed by atoms with E-state index in [4.69, 9.17) is 15.9 Å². The van der Waals surface area contributed by atoms with Crippen molar-refractivity contribution in [1.29, 1.82) is 5.41 Å². The van der Waals surface area contributed by atoms with Gasteiger partial charge in [0.15, 0.2) is 0 Å². The molecule has 0 aliphatic carbocycles. The van der Waals surface area contributed by atoms with E-state index in [1.165, 1.54) is 16.9 Å². The monoisotopic (exact) mass is 275 g/mol. The summed E-state index contributed by atoms with van der Waals surface area (Å²) in [5.41, 5.74) is 7.56. The summed E-state index contributed by atoms with van der Waals surface area (Å²) in [5, 5.41) is 8.27. The van der Waals surface area contributed by atoms with E-state index in [2.05, 4.69) is 24.0 Å². The van der Waals surface area contributed by atoms with Crippen molar-refractivity contribution in [2.45, 2.75) is 26.9 Å². The van der Waals surface area contributed by atoms with E-state index >= 15 is 0 Å². The molecule has 1 aromatic carbocycles. The average Bonchev–Trinajstić information content (AvgIpc) is 2.78. The van der Waals surface area contributed by atoms with Crippen LogP contribution in [0.3, 0.4) is 0 Å². The van der Waals surface area contributed by atoms with Gasteiger partial charge in [-0.3, -0.25) is 5.41 Å². The number of amidine groups is 1. The number of rotatable bonds is 5. The molecule has 0 aliphatic heterocycles. The van der Waals surface area contributed by atoms with E-state index in [9.17, 15) is 0 Å². The lowest BCUT2D eigenvalue weighted by Gasteiger charge is -2.04. The molecule has 0 aliphatic rings. The van der Waals surface area contributed by atoms with E-state index < -0.39 is 0 Å². The Kier molecular flexibility index (Phi) is 4.16. The zero-order valence-electron chi connectivity index (χ0n) is 11.1. The summed E-state index contributed by atoms with van der Waals surface area (Å²) in [6.07, 6.45) is 1.02. The molecule has 0 amide bonds. The zero-order chi connectivity index (χ0) is 13.8. The van der Waals surface area contributed by atoms with Gasteiger partial charge in [-0.2, -0.15) is 0 Å². The summed E-state index contributed by atoms with van der Waals surface area (Å²) < 4.78 is 5.68. The van der Waals surface area contributed by atoms with Crippen molar-refractivity contribution in [3.8, 4) is 5.75 Å². The van der Waals surface area contributed by atoms with Crippen molar-refractivity contribution in [3.05, 3.63) is 45.4 Å². The lowest BCUT2D eigenvalue weighted by atomic mass is 10.2. The minimum absolute atomic E-state index is 0.0635. The Hall–Kier alpha value is -1.88. The number of nitrogens with one attached hydrogen (secondary N) is 1. The second kappa shape index (κ2) is 5.84. The lowest BCUT2D eigenvalue weighted by Crippen LogP contribution is -2.10. The van der Waals surface area contributed by atoms with Gasteiger partial charge in [0.05, 0.1) is 10.6 Å². The van der Waals surface area contributed by atoms with Crippen molar-refractivity contribution in [2.75, 3.05) is 0 Å². The number of nitrogens with two attached hydrogens (primary N) is 1. The molecular formula is C14H17N3OS. The number of nitrogens with zero attached hydrogens (tertiary/aromatic N) is 1. The molecule has 0 atom stereocenters. The van der Waals surface area contributed by atoms with Crippen LogP contribution in [0, 0.1) is 12.3 Å². The Labute approximate surface area is 116 Å². The SMILES string of the molecule is CCc1ccc(OCc2nc(C)c(C(=N)N)s2)cc1. The van der Waals surface area contributed by atoms with Crippen molar-refractivity contribution < 1.29 is 4.74 Å². The van der Waals surface area contributed by atoms with Crippen LogP contribution in [0.2, 0.25) is 0 Å². The van der Waals surface area contributed by atoms with Gasteiger partial charge in [0, 0.05) is 0 Å². The van der Waals surface area contributed by atoms with Crippen LogP contribution in [0.25, 0.3) is 0 Å². The number of aromatic nitrogens is 1. The third-order valence-corrected chi connectivity index (χ3v) is 3.94. The predicted octanol–water partition coefficient (Wildman–Crippen LogP) is 2.88. The van der Waals surface area contributed by atoms with Gasteiger partial charge in [0.2, 0.25) is 0 Å². The fourth-order valence-electron chi connectivity index (χ4n) is 1.73. The van der Waals surface area contributed by atoms with Gasteiger partial charge in [-0.25, -0.2) is 4.98 Å². The summed E-state index contributed by atoms with van der Waals surface area (Å²) in [6, 6.07) is 8.04. The first kappa shape index (κ1) is 13.5. The number of benzene rings is 1. The molecule has 0 bridgehead atoms. The number of hydrogen-bond donors (Lipinski definition) is 2. The van der Waals surface area contributed by atoms with Gasteiger partial charge in [-0.1, -0.05) is 19.1 Å². The van der Waals surface area contributed by atoms with E-state index in [1.807, 2.05) is 19.1 Å². The lowest BCUT2D eigenvalue weighted by molar-refractivity contribution is 0.305. The van der Waals surface area contributed by atoms with E-state index in [0.717, 1.165) is 27.7 Å². The topological polar surface area (TPSA) is 72.0 Å². The van der Waals surface area contributed by atoms with Crippen molar-refractivity contribution >= 4 is 17.2 Å². The Morgan fingerprint density at radius 1 is 1.37 bits per heavy atom. The molecule has 0 spiro atoms. The molecule has 19 heavy (non-hydrogen) atoms.